The summed E-state index contributed by atoms with van der Waals surface area (Å²) >= 11 is 8.93. The summed E-state index contributed by atoms with van der Waals surface area (Å²) < 4.78 is 11.1. The minimum absolute atomic E-state index is 1.17. The normalized spacial score (nSPS) is 13.8. The van der Waals surface area contributed by atoms with Crippen molar-refractivity contribution < 1.29 is 9.18 Å². The zero-order valence-electron chi connectivity index (χ0n) is 2.62. The topological polar surface area (TPSA) is 17.1 Å². The van der Waals surface area contributed by atoms with Crippen LogP contribution in [0.25, 0.3) is 0 Å². The Hall–Kier alpha value is 0.180. The average Bonchev–Trinajstić information content (AvgIpc) is 1.36. The van der Waals surface area contributed by atoms with Gasteiger partial charge in [-0.25, -0.2) is 4.39 Å². The maximum Gasteiger partial charge on any atom is 0.271 e. The molecule has 1 nitrogen and oxygen atoms in total. The van der Waals surface area contributed by atoms with Crippen LogP contribution in [-0.4, -0.2) is 10.9 Å². The molecule has 0 heterocycles. The minimum atomic E-state index is -2.05. The molecule has 0 radical (unpaired) electrons. The maximum absolute atomic E-state index is 11.1. The molecular formula is C2HCl2FO. The van der Waals surface area contributed by atoms with Crippen LogP contribution in [0.2, 0.25) is 0 Å². The highest BCUT2D eigenvalue weighted by atomic mass is 35.5. The summed E-state index contributed by atoms with van der Waals surface area (Å²) in [5.41, 5.74) is -2.05. The number of alkyl halides is 2. The molecular weight excluding hydrogens is 130 g/mol. The Kier molecular flexibility index (Phi) is 2.44. The molecule has 1 atom stereocenters. The first-order valence-corrected chi connectivity index (χ1v) is 1.93. The van der Waals surface area contributed by atoms with Gasteiger partial charge < -0.3 is 0 Å². The molecule has 4 heteroatoms. The van der Waals surface area contributed by atoms with E-state index in [4.69, 9.17) is 0 Å². The Morgan fingerprint density at radius 3 is 2.00 bits per heavy atom. The molecule has 36 valence electrons. The standard InChI is InChI=1S/C2HCl2FO/c3-1(5)2(4)6/h1H/t1-/m1/s1. The molecule has 0 amide bonds. The van der Waals surface area contributed by atoms with Crippen molar-refractivity contribution in [2.75, 3.05) is 0 Å². The van der Waals surface area contributed by atoms with E-state index in [1.54, 1.807) is 0 Å². The van der Waals surface area contributed by atoms with Gasteiger partial charge in [-0.2, -0.15) is 0 Å². The fraction of sp³-hybridized carbons (Fsp3) is 0.500. The molecule has 0 aromatic rings. The molecule has 0 bridgehead atoms. The van der Waals surface area contributed by atoms with Crippen molar-refractivity contribution in [2.24, 2.45) is 0 Å². The molecule has 0 N–H and O–H groups in total. The zero-order valence-corrected chi connectivity index (χ0v) is 4.13. The van der Waals surface area contributed by atoms with E-state index < -0.39 is 10.9 Å². The van der Waals surface area contributed by atoms with Gasteiger partial charge in [-0.3, -0.25) is 4.79 Å². The SMILES string of the molecule is O=C(Cl)[C@@H](F)Cl. The first-order valence-electron chi connectivity index (χ1n) is 1.12. The van der Waals surface area contributed by atoms with Crippen LogP contribution >= 0.6 is 23.2 Å². The number of hydrogen-bond acceptors (Lipinski definition) is 1. The number of rotatable bonds is 1. The van der Waals surface area contributed by atoms with Gasteiger partial charge in [0.15, 0.2) is 0 Å². The zero-order chi connectivity index (χ0) is 5.15. The Morgan fingerprint density at radius 1 is 1.83 bits per heavy atom. The molecule has 0 aliphatic heterocycles. The van der Waals surface area contributed by atoms with E-state index >= 15 is 0 Å². The Bertz CT molecular complexity index is 62.6. The van der Waals surface area contributed by atoms with Crippen molar-refractivity contribution in [1.29, 1.82) is 0 Å². The molecule has 0 aromatic carbocycles. The number of halogens is 3. The predicted molar refractivity (Wildman–Crippen MR) is 21.6 cm³/mol. The van der Waals surface area contributed by atoms with Crippen LogP contribution in [0.5, 0.6) is 0 Å². The van der Waals surface area contributed by atoms with Crippen molar-refractivity contribution in [3.8, 4) is 0 Å². The maximum atomic E-state index is 11.1. The van der Waals surface area contributed by atoms with E-state index in [-0.39, 0.29) is 0 Å². The van der Waals surface area contributed by atoms with Crippen LogP contribution in [0.4, 0.5) is 4.39 Å². The molecule has 0 fully saturated rings. The lowest BCUT2D eigenvalue weighted by molar-refractivity contribution is -0.113. The summed E-state index contributed by atoms with van der Waals surface area (Å²) in [6, 6.07) is 0. The molecule has 0 saturated carbocycles. The third kappa shape index (κ3) is 2.42. The van der Waals surface area contributed by atoms with E-state index in [2.05, 4.69) is 23.2 Å². The van der Waals surface area contributed by atoms with Gasteiger partial charge in [0.2, 0.25) is 5.63 Å². The van der Waals surface area contributed by atoms with Crippen LogP contribution < -0.4 is 0 Å². The lowest BCUT2D eigenvalue weighted by atomic mass is 10.9. The van der Waals surface area contributed by atoms with E-state index in [0.717, 1.165) is 0 Å². The average molecular weight is 131 g/mol. The summed E-state index contributed by atoms with van der Waals surface area (Å²) in [7, 11) is 0. The molecule has 0 rings (SSSR count). The lowest BCUT2D eigenvalue weighted by Gasteiger charge is -1.81. The fourth-order valence-electron chi connectivity index (χ4n) is 0. The van der Waals surface area contributed by atoms with Gasteiger partial charge in [0.05, 0.1) is 0 Å². The lowest BCUT2D eigenvalue weighted by Crippen LogP contribution is -1.97. The number of carbonyl (C=O) groups excluding carboxylic acids is 1. The predicted octanol–water partition coefficient (Wildman–Crippen LogP) is 1.29. The molecule has 0 aromatic heterocycles. The highest BCUT2D eigenvalue weighted by Crippen LogP contribution is 1.99. The first-order chi connectivity index (χ1) is 2.64. The fourth-order valence-corrected chi connectivity index (χ4v) is 0. The molecule has 0 unspecified atom stereocenters. The number of carbonyl (C=O) groups is 1. The smallest absolute Gasteiger partial charge is 0.271 e. The molecule has 0 aliphatic rings. The summed E-state index contributed by atoms with van der Waals surface area (Å²) in [6.45, 7) is 0. The third-order valence-electron chi connectivity index (χ3n) is 0.172. The molecule has 0 aliphatic carbocycles. The van der Waals surface area contributed by atoms with E-state index in [9.17, 15) is 9.18 Å². The Labute approximate surface area is 44.0 Å². The second kappa shape index (κ2) is 2.37. The summed E-state index contributed by atoms with van der Waals surface area (Å²) in [4.78, 5) is 9.40. The summed E-state index contributed by atoms with van der Waals surface area (Å²) in [5.74, 6) is 0. The summed E-state index contributed by atoms with van der Waals surface area (Å²) in [5, 5.41) is -1.17. The Balaban J connectivity index is 3.26. The van der Waals surface area contributed by atoms with Gasteiger partial charge in [0.1, 0.15) is 0 Å². The van der Waals surface area contributed by atoms with Crippen LogP contribution in [0.15, 0.2) is 0 Å². The van der Waals surface area contributed by atoms with Crippen molar-refractivity contribution in [3.63, 3.8) is 0 Å². The van der Waals surface area contributed by atoms with Crippen LogP contribution in [0.1, 0.15) is 0 Å². The van der Waals surface area contributed by atoms with E-state index in [0.29, 0.717) is 0 Å². The van der Waals surface area contributed by atoms with Gasteiger partial charge in [0, 0.05) is 0 Å². The minimum Gasteiger partial charge on any atom is -0.276 e. The van der Waals surface area contributed by atoms with Crippen LogP contribution in [0.3, 0.4) is 0 Å². The van der Waals surface area contributed by atoms with Crippen LogP contribution in [0, 0.1) is 0 Å². The van der Waals surface area contributed by atoms with Crippen molar-refractivity contribution in [3.05, 3.63) is 0 Å². The van der Waals surface area contributed by atoms with Crippen molar-refractivity contribution in [1.82, 2.24) is 0 Å². The van der Waals surface area contributed by atoms with Crippen LogP contribution in [-0.2, 0) is 4.79 Å². The second-order valence-electron chi connectivity index (χ2n) is 0.605. The second-order valence-corrected chi connectivity index (χ2v) is 1.36. The van der Waals surface area contributed by atoms with Gasteiger partial charge in [-0.15, -0.1) is 0 Å². The van der Waals surface area contributed by atoms with E-state index in [1.165, 1.54) is 0 Å². The van der Waals surface area contributed by atoms with Gasteiger partial charge in [-0.05, 0) is 11.6 Å². The molecule has 0 spiro atoms. The summed E-state index contributed by atoms with van der Waals surface area (Å²) in [6.07, 6.45) is 0. The van der Waals surface area contributed by atoms with Gasteiger partial charge in [0.25, 0.3) is 5.24 Å². The van der Waals surface area contributed by atoms with E-state index in [1.807, 2.05) is 0 Å². The first kappa shape index (κ1) is 6.18. The van der Waals surface area contributed by atoms with Crippen molar-refractivity contribution >= 4 is 28.4 Å². The molecule has 6 heavy (non-hydrogen) atoms. The monoisotopic (exact) mass is 130 g/mol. The highest BCUT2D eigenvalue weighted by molar-refractivity contribution is 6.68. The van der Waals surface area contributed by atoms with Gasteiger partial charge in [-0.1, -0.05) is 11.6 Å². The third-order valence-corrected chi connectivity index (χ3v) is 0.673. The van der Waals surface area contributed by atoms with Gasteiger partial charge >= 0.3 is 0 Å². The highest BCUT2D eigenvalue weighted by Gasteiger charge is 2.06. The van der Waals surface area contributed by atoms with Crippen molar-refractivity contribution in [2.45, 2.75) is 5.63 Å². The quantitative estimate of drug-likeness (QED) is 0.387. The molecule has 0 saturated heterocycles. The number of hydrogen-bond donors (Lipinski definition) is 0. The Morgan fingerprint density at radius 2 is 2.00 bits per heavy atom. The largest absolute Gasteiger partial charge is 0.276 e.